The zero-order chi connectivity index (χ0) is 14.0. The Hall–Kier alpha value is -1.10. The highest BCUT2D eigenvalue weighted by atomic mass is 16.5. The Morgan fingerprint density at radius 1 is 1.32 bits per heavy atom. The predicted molar refractivity (Wildman–Crippen MR) is 76.5 cm³/mol. The van der Waals surface area contributed by atoms with Crippen molar-refractivity contribution in [2.24, 2.45) is 0 Å². The Labute approximate surface area is 116 Å². The molecular weight excluding hydrogens is 240 g/mol. The summed E-state index contributed by atoms with van der Waals surface area (Å²) in [6.45, 7) is 11.6. The van der Waals surface area contributed by atoms with Crippen molar-refractivity contribution in [2.75, 3.05) is 31.6 Å². The van der Waals surface area contributed by atoms with E-state index in [1.165, 1.54) is 0 Å². The first kappa shape index (κ1) is 14.3. The molecule has 0 N–H and O–H groups in total. The van der Waals surface area contributed by atoms with Gasteiger partial charge in [-0.25, -0.2) is 0 Å². The predicted octanol–water partition coefficient (Wildman–Crippen LogP) is 2.29. The van der Waals surface area contributed by atoms with E-state index in [0.717, 1.165) is 38.3 Å². The van der Waals surface area contributed by atoms with Crippen molar-refractivity contribution in [1.82, 2.24) is 15.0 Å². The minimum atomic E-state index is -0.0531. The number of anilines is 1. The molecule has 0 saturated carbocycles. The molecule has 0 radical (unpaired) electrons. The van der Waals surface area contributed by atoms with Crippen molar-refractivity contribution >= 4 is 6.01 Å². The first-order chi connectivity index (χ1) is 8.91. The highest BCUT2D eigenvalue weighted by Crippen LogP contribution is 2.24. The van der Waals surface area contributed by atoms with Crippen molar-refractivity contribution in [3.05, 3.63) is 5.82 Å². The smallest absolute Gasteiger partial charge is 0.324 e. The fraction of sp³-hybridized carbons (Fsp3) is 0.857. The maximum atomic E-state index is 5.40. The van der Waals surface area contributed by atoms with Crippen LogP contribution in [0.5, 0.6) is 0 Å². The molecule has 0 aromatic carbocycles. The molecule has 19 heavy (non-hydrogen) atoms. The SMILES string of the molecule is CCN(C)C1CCN(c2nc(C(C)(C)C)no2)CC1. The lowest BCUT2D eigenvalue weighted by Crippen LogP contribution is -2.43. The third-order valence-electron chi connectivity index (χ3n) is 3.94. The van der Waals surface area contributed by atoms with Gasteiger partial charge in [0.15, 0.2) is 5.82 Å². The molecule has 0 atom stereocenters. The molecule has 0 aliphatic carbocycles. The van der Waals surface area contributed by atoms with Gasteiger partial charge >= 0.3 is 6.01 Å². The van der Waals surface area contributed by atoms with Crippen molar-refractivity contribution in [1.29, 1.82) is 0 Å². The van der Waals surface area contributed by atoms with Gasteiger partial charge in [0.05, 0.1) is 0 Å². The van der Waals surface area contributed by atoms with E-state index in [9.17, 15) is 0 Å². The van der Waals surface area contributed by atoms with Gasteiger partial charge in [-0.05, 0) is 26.4 Å². The zero-order valence-corrected chi connectivity index (χ0v) is 12.8. The number of hydrogen-bond acceptors (Lipinski definition) is 5. The summed E-state index contributed by atoms with van der Waals surface area (Å²) in [5.74, 6) is 0.787. The Morgan fingerprint density at radius 2 is 1.95 bits per heavy atom. The Balaban J connectivity index is 1.96. The topological polar surface area (TPSA) is 45.4 Å². The second kappa shape index (κ2) is 5.49. The van der Waals surface area contributed by atoms with E-state index in [-0.39, 0.29) is 5.41 Å². The number of rotatable bonds is 3. The summed E-state index contributed by atoms with van der Waals surface area (Å²) in [6.07, 6.45) is 2.33. The van der Waals surface area contributed by atoms with Gasteiger partial charge in [-0.15, -0.1) is 0 Å². The van der Waals surface area contributed by atoms with Crippen LogP contribution >= 0.6 is 0 Å². The molecule has 0 amide bonds. The molecule has 0 spiro atoms. The lowest BCUT2D eigenvalue weighted by molar-refractivity contribution is 0.214. The molecule has 1 saturated heterocycles. The quantitative estimate of drug-likeness (QED) is 0.840. The van der Waals surface area contributed by atoms with E-state index in [1.54, 1.807) is 0 Å². The fourth-order valence-electron chi connectivity index (χ4n) is 2.40. The first-order valence-corrected chi connectivity index (χ1v) is 7.21. The number of hydrogen-bond donors (Lipinski definition) is 0. The monoisotopic (exact) mass is 266 g/mol. The minimum absolute atomic E-state index is 0.0531. The van der Waals surface area contributed by atoms with Crippen LogP contribution < -0.4 is 4.90 Å². The average Bonchev–Trinajstić information content (AvgIpc) is 2.87. The molecule has 1 fully saturated rings. The van der Waals surface area contributed by atoms with Crippen molar-refractivity contribution in [3.63, 3.8) is 0 Å². The summed E-state index contributed by atoms with van der Waals surface area (Å²) < 4.78 is 5.40. The van der Waals surface area contributed by atoms with Crippen LogP contribution in [0.25, 0.3) is 0 Å². The van der Waals surface area contributed by atoms with Gasteiger partial charge in [-0.1, -0.05) is 32.9 Å². The number of aromatic nitrogens is 2. The van der Waals surface area contributed by atoms with E-state index in [2.05, 4.69) is 54.7 Å². The summed E-state index contributed by atoms with van der Waals surface area (Å²) in [7, 11) is 2.20. The number of piperidine rings is 1. The minimum Gasteiger partial charge on any atom is -0.324 e. The van der Waals surface area contributed by atoms with E-state index in [0.29, 0.717) is 12.1 Å². The van der Waals surface area contributed by atoms with Crippen molar-refractivity contribution in [2.45, 2.75) is 52.0 Å². The van der Waals surface area contributed by atoms with Crippen molar-refractivity contribution < 1.29 is 4.52 Å². The first-order valence-electron chi connectivity index (χ1n) is 7.21. The van der Waals surface area contributed by atoms with Gasteiger partial charge in [0.1, 0.15) is 0 Å². The molecule has 1 aromatic heterocycles. The van der Waals surface area contributed by atoms with E-state index in [1.807, 2.05) is 0 Å². The molecule has 108 valence electrons. The zero-order valence-electron chi connectivity index (χ0n) is 12.8. The second-order valence-electron chi connectivity index (χ2n) is 6.44. The Morgan fingerprint density at radius 3 is 2.42 bits per heavy atom. The van der Waals surface area contributed by atoms with Gasteiger partial charge in [0, 0.05) is 24.5 Å². The van der Waals surface area contributed by atoms with Gasteiger partial charge in [0.2, 0.25) is 0 Å². The third kappa shape index (κ3) is 3.26. The molecule has 2 heterocycles. The highest BCUT2D eigenvalue weighted by Gasteiger charge is 2.27. The standard InChI is InChI=1S/C14H26N4O/c1-6-17(5)11-7-9-18(10-8-11)13-15-12(16-19-13)14(2,3)4/h11H,6-10H2,1-5H3. The van der Waals surface area contributed by atoms with Gasteiger partial charge in [0.25, 0.3) is 0 Å². The summed E-state index contributed by atoms with van der Waals surface area (Å²) in [4.78, 5) is 9.16. The van der Waals surface area contributed by atoms with E-state index >= 15 is 0 Å². The largest absolute Gasteiger partial charge is 0.324 e. The van der Waals surface area contributed by atoms with Crippen LogP contribution in [-0.4, -0.2) is 47.8 Å². The van der Waals surface area contributed by atoms with Crippen LogP contribution in [-0.2, 0) is 5.41 Å². The molecule has 0 bridgehead atoms. The number of nitrogens with zero attached hydrogens (tertiary/aromatic N) is 4. The average molecular weight is 266 g/mol. The molecule has 5 heteroatoms. The molecule has 0 unspecified atom stereocenters. The second-order valence-corrected chi connectivity index (χ2v) is 6.44. The van der Waals surface area contributed by atoms with E-state index < -0.39 is 0 Å². The van der Waals surface area contributed by atoms with Crippen LogP contribution in [0.4, 0.5) is 6.01 Å². The molecule has 1 aliphatic rings. The van der Waals surface area contributed by atoms with Gasteiger partial charge in [-0.2, -0.15) is 4.98 Å². The lowest BCUT2D eigenvalue weighted by Gasteiger charge is -2.35. The van der Waals surface area contributed by atoms with Crippen LogP contribution in [0.3, 0.4) is 0 Å². The summed E-state index contributed by atoms with van der Waals surface area (Å²) in [5.41, 5.74) is -0.0531. The van der Waals surface area contributed by atoms with Gasteiger partial charge < -0.3 is 14.3 Å². The summed E-state index contributed by atoms with van der Waals surface area (Å²) in [5, 5.41) is 4.09. The highest BCUT2D eigenvalue weighted by molar-refractivity contribution is 5.27. The molecular formula is C14H26N4O. The third-order valence-corrected chi connectivity index (χ3v) is 3.94. The maximum absolute atomic E-state index is 5.40. The summed E-state index contributed by atoms with van der Waals surface area (Å²) >= 11 is 0. The van der Waals surface area contributed by atoms with Crippen LogP contribution in [0.15, 0.2) is 4.52 Å². The Kier molecular flexibility index (Phi) is 4.13. The normalized spacial score (nSPS) is 18.3. The molecule has 1 aliphatic heterocycles. The molecule has 1 aromatic rings. The van der Waals surface area contributed by atoms with Crippen LogP contribution in [0, 0.1) is 0 Å². The van der Waals surface area contributed by atoms with Gasteiger partial charge in [-0.3, -0.25) is 0 Å². The van der Waals surface area contributed by atoms with Crippen LogP contribution in [0.1, 0.15) is 46.4 Å². The van der Waals surface area contributed by atoms with Crippen molar-refractivity contribution in [3.8, 4) is 0 Å². The molecule has 5 nitrogen and oxygen atoms in total. The Bertz CT molecular complexity index is 402. The van der Waals surface area contributed by atoms with Crippen LogP contribution in [0.2, 0.25) is 0 Å². The van der Waals surface area contributed by atoms with E-state index in [4.69, 9.17) is 4.52 Å². The lowest BCUT2D eigenvalue weighted by atomic mass is 9.96. The maximum Gasteiger partial charge on any atom is 0.324 e. The molecule has 2 rings (SSSR count). The summed E-state index contributed by atoms with van der Waals surface area (Å²) in [6, 6.07) is 1.37. The fourth-order valence-corrected chi connectivity index (χ4v) is 2.40.